The number of hydrogen-bond acceptors (Lipinski definition) is 4. The highest BCUT2D eigenvalue weighted by Crippen LogP contribution is 2.27. The molecule has 0 aliphatic rings. The molecule has 0 fully saturated rings. The molecule has 3 aromatic carbocycles. The zero-order valence-electron chi connectivity index (χ0n) is 15.7. The zero-order valence-corrected chi connectivity index (χ0v) is 15.7. The molecule has 0 atom stereocenters. The normalized spacial score (nSPS) is 11.2. The van der Waals surface area contributed by atoms with E-state index in [2.05, 4.69) is 74.5 Å². The maximum atomic E-state index is 4.59. The molecule has 2 heterocycles. The molecule has 2 aromatic heterocycles. The molecule has 0 spiro atoms. The molecule has 0 saturated carbocycles. The lowest BCUT2D eigenvalue weighted by Gasteiger charge is -2.10. The van der Waals surface area contributed by atoms with Crippen molar-refractivity contribution in [2.24, 2.45) is 0 Å². The topological polar surface area (TPSA) is 55.6 Å². The van der Waals surface area contributed by atoms with Crippen LogP contribution in [-0.2, 0) is 0 Å². The SMILES string of the molecule is Cc1cccc(-n2cnc3cc(Nc4nnc(C)c5ccccc45)ccc32)c1. The van der Waals surface area contributed by atoms with E-state index < -0.39 is 0 Å². The van der Waals surface area contributed by atoms with Gasteiger partial charge < -0.3 is 5.32 Å². The van der Waals surface area contributed by atoms with Crippen molar-refractivity contribution in [2.75, 3.05) is 5.32 Å². The van der Waals surface area contributed by atoms with Crippen LogP contribution in [-0.4, -0.2) is 19.7 Å². The summed E-state index contributed by atoms with van der Waals surface area (Å²) in [6.07, 6.45) is 1.87. The van der Waals surface area contributed by atoms with Crippen LogP contribution in [0.5, 0.6) is 0 Å². The van der Waals surface area contributed by atoms with Gasteiger partial charge in [0.05, 0.1) is 16.7 Å². The highest BCUT2D eigenvalue weighted by molar-refractivity contribution is 5.94. The van der Waals surface area contributed by atoms with Crippen LogP contribution in [0.4, 0.5) is 11.5 Å². The van der Waals surface area contributed by atoms with Crippen LogP contribution in [0.2, 0.25) is 0 Å². The van der Waals surface area contributed by atoms with E-state index in [0.717, 1.165) is 44.7 Å². The first-order valence-corrected chi connectivity index (χ1v) is 9.22. The number of hydrogen-bond donors (Lipinski definition) is 1. The van der Waals surface area contributed by atoms with E-state index in [1.54, 1.807) is 0 Å². The van der Waals surface area contributed by atoms with Gasteiger partial charge in [-0.25, -0.2) is 4.98 Å². The Bertz CT molecular complexity index is 1320. The van der Waals surface area contributed by atoms with Crippen LogP contribution in [0.15, 0.2) is 73.1 Å². The summed E-state index contributed by atoms with van der Waals surface area (Å²) in [7, 11) is 0. The van der Waals surface area contributed by atoms with Gasteiger partial charge >= 0.3 is 0 Å². The third-order valence-electron chi connectivity index (χ3n) is 4.96. The average molecular weight is 365 g/mol. The molecule has 0 aliphatic heterocycles. The number of aromatic nitrogens is 4. The third kappa shape index (κ3) is 2.77. The Kier molecular flexibility index (Phi) is 3.79. The lowest BCUT2D eigenvalue weighted by molar-refractivity contribution is 1.01. The Morgan fingerprint density at radius 2 is 1.68 bits per heavy atom. The van der Waals surface area contributed by atoms with E-state index in [-0.39, 0.29) is 0 Å². The van der Waals surface area contributed by atoms with Crippen molar-refractivity contribution in [3.8, 4) is 5.69 Å². The van der Waals surface area contributed by atoms with E-state index in [1.165, 1.54) is 5.56 Å². The van der Waals surface area contributed by atoms with Crippen molar-refractivity contribution in [3.63, 3.8) is 0 Å². The van der Waals surface area contributed by atoms with E-state index in [9.17, 15) is 0 Å². The van der Waals surface area contributed by atoms with Gasteiger partial charge in [0, 0.05) is 22.1 Å². The summed E-state index contributed by atoms with van der Waals surface area (Å²) >= 11 is 0. The first kappa shape index (κ1) is 16.4. The predicted octanol–water partition coefficient (Wildman–Crippen LogP) is 5.33. The fourth-order valence-corrected chi connectivity index (χ4v) is 3.54. The monoisotopic (exact) mass is 365 g/mol. The number of anilines is 2. The minimum absolute atomic E-state index is 0.749. The summed E-state index contributed by atoms with van der Waals surface area (Å²) in [4.78, 5) is 4.59. The second-order valence-corrected chi connectivity index (χ2v) is 6.96. The van der Waals surface area contributed by atoms with Gasteiger partial charge in [0.1, 0.15) is 6.33 Å². The Balaban J connectivity index is 1.54. The number of aryl methyl sites for hydroxylation is 2. The van der Waals surface area contributed by atoms with Crippen LogP contribution in [0.1, 0.15) is 11.3 Å². The van der Waals surface area contributed by atoms with E-state index in [0.29, 0.717) is 0 Å². The quantitative estimate of drug-likeness (QED) is 0.469. The minimum Gasteiger partial charge on any atom is -0.338 e. The maximum Gasteiger partial charge on any atom is 0.160 e. The summed E-state index contributed by atoms with van der Waals surface area (Å²) in [5.74, 6) is 0.749. The van der Waals surface area contributed by atoms with Crippen LogP contribution in [0, 0.1) is 13.8 Å². The van der Waals surface area contributed by atoms with Crippen LogP contribution in [0.3, 0.4) is 0 Å². The molecule has 136 valence electrons. The summed E-state index contributed by atoms with van der Waals surface area (Å²) in [6.45, 7) is 4.07. The highest BCUT2D eigenvalue weighted by Gasteiger charge is 2.09. The molecule has 0 amide bonds. The van der Waals surface area contributed by atoms with Gasteiger partial charge in [0.15, 0.2) is 5.82 Å². The molecule has 0 saturated heterocycles. The Labute approximate surface area is 162 Å². The summed E-state index contributed by atoms with van der Waals surface area (Å²) in [5, 5.41) is 14.2. The molecule has 28 heavy (non-hydrogen) atoms. The molecule has 5 aromatic rings. The van der Waals surface area contributed by atoms with E-state index in [4.69, 9.17) is 0 Å². The summed E-state index contributed by atoms with van der Waals surface area (Å²) in [6, 6.07) is 22.7. The van der Waals surface area contributed by atoms with E-state index >= 15 is 0 Å². The maximum absolute atomic E-state index is 4.59. The largest absolute Gasteiger partial charge is 0.338 e. The van der Waals surface area contributed by atoms with Gasteiger partial charge in [0.2, 0.25) is 0 Å². The van der Waals surface area contributed by atoms with Crippen molar-refractivity contribution in [2.45, 2.75) is 13.8 Å². The van der Waals surface area contributed by atoms with Crippen LogP contribution >= 0.6 is 0 Å². The van der Waals surface area contributed by atoms with Crippen LogP contribution < -0.4 is 5.32 Å². The van der Waals surface area contributed by atoms with Gasteiger partial charge in [-0.05, 0) is 49.7 Å². The predicted molar refractivity (Wildman–Crippen MR) is 113 cm³/mol. The van der Waals surface area contributed by atoms with Gasteiger partial charge in [0.25, 0.3) is 0 Å². The second kappa shape index (κ2) is 6.46. The summed E-state index contributed by atoms with van der Waals surface area (Å²) in [5.41, 5.74) is 6.19. The Morgan fingerprint density at radius 1 is 0.821 bits per heavy atom. The molecule has 1 N–H and O–H groups in total. The third-order valence-corrected chi connectivity index (χ3v) is 4.96. The van der Waals surface area contributed by atoms with E-state index in [1.807, 2.05) is 37.5 Å². The molecule has 0 unspecified atom stereocenters. The molecular formula is C23H19N5. The summed E-state index contributed by atoms with van der Waals surface area (Å²) < 4.78 is 2.10. The number of nitrogens with one attached hydrogen (secondary N) is 1. The molecule has 0 bridgehead atoms. The average Bonchev–Trinajstić information content (AvgIpc) is 3.14. The number of benzene rings is 3. The standard InChI is InChI=1S/C23H19N5/c1-15-6-5-7-18(12-15)28-14-24-21-13-17(10-11-22(21)28)25-23-20-9-4-3-8-19(20)16(2)26-27-23/h3-14H,1-2H3,(H,25,27). The first-order valence-electron chi connectivity index (χ1n) is 9.22. The Morgan fingerprint density at radius 3 is 2.54 bits per heavy atom. The molecule has 0 aliphatic carbocycles. The minimum atomic E-state index is 0.749. The van der Waals surface area contributed by atoms with Gasteiger partial charge in [-0.3, -0.25) is 4.57 Å². The van der Waals surface area contributed by atoms with Gasteiger partial charge in [-0.15, -0.1) is 5.10 Å². The fourth-order valence-electron chi connectivity index (χ4n) is 3.54. The second-order valence-electron chi connectivity index (χ2n) is 6.96. The first-order chi connectivity index (χ1) is 13.7. The van der Waals surface area contributed by atoms with Crippen molar-refractivity contribution in [1.82, 2.24) is 19.7 Å². The fraction of sp³-hybridized carbons (Fsp3) is 0.0870. The molecule has 5 heteroatoms. The molecule has 5 rings (SSSR count). The molecule has 0 radical (unpaired) electrons. The van der Waals surface area contributed by atoms with Crippen molar-refractivity contribution < 1.29 is 0 Å². The van der Waals surface area contributed by atoms with Gasteiger partial charge in [-0.2, -0.15) is 5.10 Å². The lowest BCUT2D eigenvalue weighted by atomic mass is 10.1. The zero-order chi connectivity index (χ0) is 19.1. The number of imidazole rings is 1. The number of fused-ring (bicyclic) bond motifs is 2. The Hall–Kier alpha value is -3.73. The number of rotatable bonds is 3. The molecule has 5 nitrogen and oxygen atoms in total. The van der Waals surface area contributed by atoms with Crippen molar-refractivity contribution in [3.05, 3.63) is 84.3 Å². The van der Waals surface area contributed by atoms with Crippen molar-refractivity contribution >= 4 is 33.3 Å². The highest BCUT2D eigenvalue weighted by atomic mass is 15.2. The van der Waals surface area contributed by atoms with Crippen molar-refractivity contribution in [1.29, 1.82) is 0 Å². The lowest BCUT2D eigenvalue weighted by Crippen LogP contribution is -1.99. The molecular weight excluding hydrogens is 346 g/mol. The van der Waals surface area contributed by atoms with Crippen LogP contribution in [0.25, 0.3) is 27.5 Å². The number of nitrogens with zero attached hydrogens (tertiary/aromatic N) is 4. The van der Waals surface area contributed by atoms with Gasteiger partial charge in [-0.1, -0.05) is 36.4 Å². The smallest absolute Gasteiger partial charge is 0.160 e.